The van der Waals surface area contributed by atoms with Gasteiger partial charge < -0.3 is 15.0 Å². The lowest BCUT2D eigenvalue weighted by atomic mass is 9.90. The molecule has 1 aromatic heterocycles. The number of aryl methyl sites for hydroxylation is 1. The molecule has 0 atom stereocenters. The average molecular weight is 480 g/mol. The number of carbonyl (C=O) groups is 3. The lowest BCUT2D eigenvalue weighted by molar-refractivity contribution is -0.132. The first kappa shape index (κ1) is 25.6. The summed E-state index contributed by atoms with van der Waals surface area (Å²) in [4.78, 5) is 50.2. The zero-order valence-electron chi connectivity index (χ0n) is 19.9. The summed E-state index contributed by atoms with van der Waals surface area (Å²) in [6, 6.07) is 7.10. The third-order valence-electron chi connectivity index (χ3n) is 5.95. The maximum Gasteiger partial charge on any atom is 0.337 e. The van der Waals surface area contributed by atoms with Crippen molar-refractivity contribution >= 4 is 17.8 Å². The molecule has 1 aromatic carbocycles. The molecule has 1 aliphatic rings. The summed E-state index contributed by atoms with van der Waals surface area (Å²) >= 11 is 0. The number of azide groups is 1. The molecule has 11 nitrogen and oxygen atoms in total. The van der Waals surface area contributed by atoms with Crippen LogP contribution in [0.4, 0.5) is 0 Å². The molecule has 0 saturated carbocycles. The first-order valence-corrected chi connectivity index (χ1v) is 11.5. The van der Waals surface area contributed by atoms with Gasteiger partial charge in [0, 0.05) is 49.6 Å². The Labute approximate surface area is 203 Å². The van der Waals surface area contributed by atoms with Crippen LogP contribution < -0.4 is 5.32 Å². The van der Waals surface area contributed by atoms with E-state index < -0.39 is 5.97 Å². The second-order valence-electron chi connectivity index (χ2n) is 8.27. The van der Waals surface area contributed by atoms with Crippen LogP contribution in [0.2, 0.25) is 0 Å². The smallest absolute Gasteiger partial charge is 0.337 e. The SMILES string of the molecule is COC(=O)c1cccc(CCNC(=O)c2cnc(C)nc2C2CCN(C(=O)CCN=[N+]=[N-])CC2)c1. The molecule has 1 N–H and O–H groups in total. The highest BCUT2D eigenvalue weighted by atomic mass is 16.5. The molecule has 35 heavy (non-hydrogen) atoms. The van der Waals surface area contributed by atoms with Gasteiger partial charge in [0.2, 0.25) is 5.91 Å². The third-order valence-corrected chi connectivity index (χ3v) is 5.95. The summed E-state index contributed by atoms with van der Waals surface area (Å²) in [5, 5.41) is 6.35. The Kier molecular flexibility index (Phi) is 9.14. The minimum atomic E-state index is -0.402. The Hall–Kier alpha value is -3.98. The molecule has 11 heteroatoms. The molecule has 2 aromatic rings. The maximum absolute atomic E-state index is 13.0. The second-order valence-corrected chi connectivity index (χ2v) is 8.27. The van der Waals surface area contributed by atoms with E-state index in [2.05, 4.69) is 25.3 Å². The van der Waals surface area contributed by atoms with Gasteiger partial charge in [-0.1, -0.05) is 17.2 Å². The highest BCUT2D eigenvalue weighted by molar-refractivity contribution is 5.95. The van der Waals surface area contributed by atoms with Crippen LogP contribution in [0.25, 0.3) is 10.4 Å². The highest BCUT2D eigenvalue weighted by Crippen LogP contribution is 2.29. The molecule has 1 aliphatic heterocycles. The number of piperidine rings is 1. The van der Waals surface area contributed by atoms with E-state index in [4.69, 9.17) is 10.3 Å². The number of benzene rings is 1. The predicted octanol–water partition coefficient (Wildman–Crippen LogP) is 2.95. The number of hydrogen-bond donors (Lipinski definition) is 1. The fraction of sp³-hybridized carbons (Fsp3) is 0.458. The number of aromatic nitrogens is 2. The van der Waals surface area contributed by atoms with Crippen molar-refractivity contribution in [3.8, 4) is 0 Å². The van der Waals surface area contributed by atoms with Crippen molar-refractivity contribution in [3.63, 3.8) is 0 Å². The fourth-order valence-electron chi connectivity index (χ4n) is 4.11. The van der Waals surface area contributed by atoms with Crippen LogP contribution in [0.1, 0.15) is 63.0 Å². The van der Waals surface area contributed by atoms with Crippen LogP contribution in [0.15, 0.2) is 35.6 Å². The van der Waals surface area contributed by atoms with Gasteiger partial charge in [-0.2, -0.15) is 0 Å². The molecule has 0 bridgehead atoms. The van der Waals surface area contributed by atoms with E-state index in [1.807, 2.05) is 6.07 Å². The molecule has 1 fully saturated rings. The number of methoxy groups -OCH3 is 1. The van der Waals surface area contributed by atoms with E-state index in [-0.39, 0.29) is 30.7 Å². The van der Waals surface area contributed by atoms with E-state index >= 15 is 0 Å². The number of rotatable bonds is 9. The van der Waals surface area contributed by atoms with Crippen LogP contribution in [0, 0.1) is 6.92 Å². The molecular weight excluding hydrogens is 450 g/mol. The molecule has 0 unspecified atom stereocenters. The first-order valence-electron chi connectivity index (χ1n) is 11.5. The molecule has 1 saturated heterocycles. The Balaban J connectivity index is 1.60. The largest absolute Gasteiger partial charge is 0.465 e. The van der Waals surface area contributed by atoms with Gasteiger partial charge in [-0.3, -0.25) is 9.59 Å². The van der Waals surface area contributed by atoms with Crippen molar-refractivity contribution in [3.05, 3.63) is 69.1 Å². The van der Waals surface area contributed by atoms with Crippen molar-refractivity contribution in [1.82, 2.24) is 20.2 Å². The number of carbonyl (C=O) groups excluding carboxylic acids is 3. The van der Waals surface area contributed by atoms with Crippen molar-refractivity contribution in [2.24, 2.45) is 5.11 Å². The molecular formula is C24H29N7O4. The summed E-state index contributed by atoms with van der Waals surface area (Å²) in [7, 11) is 1.34. The second kappa shape index (κ2) is 12.5. The lowest BCUT2D eigenvalue weighted by Gasteiger charge is -2.32. The average Bonchev–Trinajstić information content (AvgIpc) is 2.88. The Morgan fingerprint density at radius 3 is 2.77 bits per heavy atom. The minimum Gasteiger partial charge on any atom is -0.465 e. The third kappa shape index (κ3) is 7.00. The van der Waals surface area contributed by atoms with Crippen LogP contribution >= 0.6 is 0 Å². The van der Waals surface area contributed by atoms with Crippen LogP contribution in [0.3, 0.4) is 0 Å². The van der Waals surface area contributed by atoms with Gasteiger partial charge in [0.1, 0.15) is 5.82 Å². The summed E-state index contributed by atoms with van der Waals surface area (Å²) in [5.41, 5.74) is 10.9. The molecule has 0 aliphatic carbocycles. The van der Waals surface area contributed by atoms with Crippen LogP contribution in [-0.4, -0.2) is 65.9 Å². The fourth-order valence-corrected chi connectivity index (χ4v) is 4.11. The molecule has 2 amide bonds. The highest BCUT2D eigenvalue weighted by Gasteiger charge is 2.28. The number of esters is 1. The summed E-state index contributed by atoms with van der Waals surface area (Å²) < 4.78 is 4.75. The molecule has 184 valence electrons. The Morgan fingerprint density at radius 2 is 2.06 bits per heavy atom. The van der Waals surface area contributed by atoms with E-state index in [0.29, 0.717) is 61.5 Å². The monoisotopic (exact) mass is 479 g/mol. The summed E-state index contributed by atoms with van der Waals surface area (Å²) in [6.45, 7) is 3.43. The minimum absolute atomic E-state index is 0.0374. The summed E-state index contributed by atoms with van der Waals surface area (Å²) in [6.07, 6.45) is 3.67. The van der Waals surface area contributed by atoms with Gasteiger partial charge in [-0.25, -0.2) is 14.8 Å². The molecule has 0 radical (unpaired) electrons. The number of likely N-dealkylation sites (tertiary alicyclic amines) is 1. The van der Waals surface area contributed by atoms with Crippen LogP contribution in [-0.2, 0) is 16.0 Å². The van der Waals surface area contributed by atoms with Crippen molar-refractivity contribution in [2.45, 2.75) is 38.5 Å². The zero-order chi connectivity index (χ0) is 25.2. The number of amides is 2. The number of nitrogens with one attached hydrogen (secondary N) is 1. The number of nitrogens with zero attached hydrogens (tertiary/aromatic N) is 6. The number of ether oxygens (including phenoxy) is 1. The van der Waals surface area contributed by atoms with Crippen molar-refractivity contribution < 1.29 is 19.1 Å². The van der Waals surface area contributed by atoms with Gasteiger partial charge >= 0.3 is 5.97 Å². The van der Waals surface area contributed by atoms with E-state index in [1.54, 1.807) is 36.2 Å². The molecule has 2 heterocycles. The van der Waals surface area contributed by atoms with E-state index in [0.717, 1.165) is 5.56 Å². The van der Waals surface area contributed by atoms with Gasteiger partial charge in [0.25, 0.3) is 5.91 Å². The van der Waals surface area contributed by atoms with E-state index in [1.165, 1.54) is 7.11 Å². The van der Waals surface area contributed by atoms with Crippen molar-refractivity contribution in [2.75, 3.05) is 33.3 Å². The Bertz CT molecular complexity index is 1120. The van der Waals surface area contributed by atoms with Gasteiger partial charge in [-0.05, 0) is 49.4 Å². The lowest BCUT2D eigenvalue weighted by Crippen LogP contribution is -2.39. The predicted molar refractivity (Wildman–Crippen MR) is 128 cm³/mol. The zero-order valence-corrected chi connectivity index (χ0v) is 19.9. The summed E-state index contributed by atoms with van der Waals surface area (Å²) in [5.74, 6) is -0.0684. The van der Waals surface area contributed by atoms with Crippen LogP contribution in [0.5, 0.6) is 0 Å². The maximum atomic E-state index is 13.0. The topological polar surface area (TPSA) is 150 Å². The van der Waals surface area contributed by atoms with Gasteiger partial charge in [-0.15, -0.1) is 0 Å². The quantitative estimate of drug-likeness (QED) is 0.253. The van der Waals surface area contributed by atoms with Gasteiger partial charge in [0.05, 0.1) is 23.9 Å². The molecule has 0 spiro atoms. The van der Waals surface area contributed by atoms with E-state index in [9.17, 15) is 14.4 Å². The normalized spacial score (nSPS) is 13.6. The number of hydrogen-bond acceptors (Lipinski definition) is 7. The Morgan fingerprint density at radius 1 is 1.29 bits per heavy atom. The van der Waals surface area contributed by atoms with Crippen molar-refractivity contribution in [1.29, 1.82) is 0 Å². The standard InChI is InChI=1S/C24H29N7O4/c1-16-27-15-20(23(33)26-10-6-17-4-3-5-19(14-17)24(34)35-2)22(29-16)18-8-12-31(13-9-18)21(32)7-11-28-30-25/h3-5,14-15,18H,6-13H2,1-2H3,(H,26,33). The van der Waals surface area contributed by atoms with Gasteiger partial charge in [0.15, 0.2) is 0 Å². The molecule has 3 rings (SSSR count). The first-order chi connectivity index (χ1) is 16.9.